The molecule has 2 heterocycles. The van der Waals surface area contributed by atoms with E-state index >= 15 is 0 Å². The molecule has 2 aliphatic rings. The number of fused-ring (bicyclic) bond motifs is 1. The van der Waals surface area contributed by atoms with Crippen LogP contribution in [0, 0.1) is 5.92 Å². The van der Waals surface area contributed by atoms with E-state index in [1.165, 1.54) is 0 Å². The molecule has 0 radical (unpaired) electrons. The van der Waals surface area contributed by atoms with Crippen molar-refractivity contribution in [2.75, 3.05) is 13.2 Å². The van der Waals surface area contributed by atoms with Gasteiger partial charge in [-0.2, -0.15) is 5.06 Å². The van der Waals surface area contributed by atoms with Crippen LogP contribution in [0.1, 0.15) is 32.3 Å². The van der Waals surface area contributed by atoms with Crippen LogP contribution in [0.4, 0.5) is 0 Å². The van der Waals surface area contributed by atoms with Gasteiger partial charge >= 0.3 is 11.9 Å². The number of hydroxylamine groups is 2. The van der Waals surface area contributed by atoms with Gasteiger partial charge in [0.15, 0.2) is 5.54 Å². The van der Waals surface area contributed by atoms with Crippen molar-refractivity contribution in [3.8, 4) is 0 Å². The lowest BCUT2D eigenvalue weighted by molar-refractivity contribution is -0.191. The van der Waals surface area contributed by atoms with Gasteiger partial charge in [-0.3, -0.25) is 9.63 Å². The molecule has 2 aliphatic heterocycles. The third kappa shape index (κ3) is 2.80. The molecule has 0 bridgehead atoms. The first kappa shape index (κ1) is 16.9. The molecule has 130 valence electrons. The normalized spacial score (nSPS) is 29.2. The minimum absolute atomic E-state index is 0.180. The predicted molar refractivity (Wildman–Crippen MR) is 85.6 cm³/mol. The Hall–Kier alpha value is -1.92. The van der Waals surface area contributed by atoms with Gasteiger partial charge in [0, 0.05) is 6.54 Å². The highest BCUT2D eigenvalue weighted by molar-refractivity contribution is 5.90. The lowest BCUT2D eigenvalue weighted by atomic mass is 9.80. The fourth-order valence-electron chi connectivity index (χ4n) is 3.72. The Morgan fingerprint density at radius 2 is 2.04 bits per heavy atom. The summed E-state index contributed by atoms with van der Waals surface area (Å²) in [7, 11) is 0. The largest absolute Gasteiger partial charge is 0.466 e. The lowest BCUT2D eigenvalue weighted by Gasteiger charge is -2.31. The first-order chi connectivity index (χ1) is 11.6. The van der Waals surface area contributed by atoms with Crippen molar-refractivity contribution >= 4 is 11.9 Å². The smallest absolute Gasteiger partial charge is 0.330 e. The van der Waals surface area contributed by atoms with Crippen LogP contribution in [-0.2, 0) is 30.5 Å². The molecule has 6 nitrogen and oxygen atoms in total. The number of carbonyl (C=O) groups excluding carboxylic acids is 2. The molecule has 0 aromatic heterocycles. The molecule has 0 unspecified atom stereocenters. The Bertz CT molecular complexity index is 605. The number of rotatable bonds is 5. The molecule has 0 saturated carbocycles. The quantitative estimate of drug-likeness (QED) is 0.769. The Kier molecular flexibility index (Phi) is 4.87. The number of esters is 2. The summed E-state index contributed by atoms with van der Waals surface area (Å²) >= 11 is 0. The summed E-state index contributed by atoms with van der Waals surface area (Å²) in [4.78, 5) is 31.2. The van der Waals surface area contributed by atoms with E-state index in [9.17, 15) is 9.59 Å². The van der Waals surface area contributed by atoms with Crippen molar-refractivity contribution in [2.45, 2.75) is 44.9 Å². The van der Waals surface area contributed by atoms with Gasteiger partial charge in [0.25, 0.3) is 0 Å². The molecular weight excluding hydrogens is 310 g/mol. The summed E-state index contributed by atoms with van der Waals surface area (Å²) in [5.74, 6) is -1.47. The topological polar surface area (TPSA) is 65.1 Å². The molecule has 0 spiro atoms. The van der Waals surface area contributed by atoms with Gasteiger partial charge in [-0.05, 0) is 32.3 Å². The Labute approximate surface area is 141 Å². The Morgan fingerprint density at radius 3 is 2.75 bits per heavy atom. The maximum absolute atomic E-state index is 12.9. The number of hydrogen-bond donors (Lipinski definition) is 0. The zero-order valence-corrected chi connectivity index (χ0v) is 14.1. The van der Waals surface area contributed by atoms with Crippen molar-refractivity contribution in [1.29, 1.82) is 0 Å². The van der Waals surface area contributed by atoms with Gasteiger partial charge in [-0.15, -0.1) is 0 Å². The predicted octanol–water partition coefficient (Wildman–Crippen LogP) is 2.08. The standard InChI is InChI=1S/C18H23NO5/c1-3-22-16(20)15-13(2)24-19-11-7-10-18(15,19)17(21)23-12-14-8-5-4-6-9-14/h4-6,8-9,13,15H,3,7,10-12H2,1-2H3/t13-,15+,18-/m1/s1. The van der Waals surface area contributed by atoms with Gasteiger partial charge in [-0.1, -0.05) is 30.3 Å². The highest BCUT2D eigenvalue weighted by Gasteiger charge is 2.65. The average molecular weight is 333 g/mol. The lowest BCUT2D eigenvalue weighted by Crippen LogP contribution is -2.54. The minimum Gasteiger partial charge on any atom is -0.466 e. The van der Waals surface area contributed by atoms with Gasteiger partial charge in [0.2, 0.25) is 0 Å². The molecule has 1 aromatic carbocycles. The van der Waals surface area contributed by atoms with Crippen LogP contribution < -0.4 is 0 Å². The van der Waals surface area contributed by atoms with E-state index in [-0.39, 0.29) is 13.2 Å². The second-order valence-corrected chi connectivity index (χ2v) is 6.23. The molecule has 2 saturated heterocycles. The van der Waals surface area contributed by atoms with E-state index in [0.717, 1.165) is 12.0 Å². The Morgan fingerprint density at radius 1 is 1.29 bits per heavy atom. The second-order valence-electron chi connectivity index (χ2n) is 6.23. The van der Waals surface area contributed by atoms with Gasteiger partial charge in [0.1, 0.15) is 12.5 Å². The van der Waals surface area contributed by atoms with Gasteiger partial charge in [0.05, 0.1) is 12.7 Å². The van der Waals surface area contributed by atoms with Crippen molar-refractivity contribution in [2.24, 2.45) is 5.92 Å². The molecule has 3 atom stereocenters. The van der Waals surface area contributed by atoms with Crippen molar-refractivity contribution in [3.05, 3.63) is 35.9 Å². The zero-order valence-electron chi connectivity index (χ0n) is 14.1. The molecule has 2 fully saturated rings. The molecule has 24 heavy (non-hydrogen) atoms. The average Bonchev–Trinajstić information content (AvgIpc) is 3.09. The number of carbonyl (C=O) groups is 2. The van der Waals surface area contributed by atoms with E-state index in [4.69, 9.17) is 14.3 Å². The molecule has 0 aliphatic carbocycles. The highest BCUT2D eigenvalue weighted by Crippen LogP contribution is 2.46. The van der Waals surface area contributed by atoms with Crippen molar-refractivity contribution < 1.29 is 23.9 Å². The second kappa shape index (κ2) is 6.91. The van der Waals surface area contributed by atoms with Crippen LogP contribution in [0.25, 0.3) is 0 Å². The van der Waals surface area contributed by atoms with Crippen LogP contribution in [0.2, 0.25) is 0 Å². The first-order valence-corrected chi connectivity index (χ1v) is 8.41. The molecule has 0 amide bonds. The van der Waals surface area contributed by atoms with Gasteiger partial charge in [-0.25, -0.2) is 4.79 Å². The monoisotopic (exact) mass is 333 g/mol. The van der Waals surface area contributed by atoms with E-state index in [2.05, 4.69) is 0 Å². The molecule has 6 heteroatoms. The summed E-state index contributed by atoms with van der Waals surface area (Å²) in [6.07, 6.45) is 0.908. The summed E-state index contributed by atoms with van der Waals surface area (Å²) in [6, 6.07) is 9.49. The summed E-state index contributed by atoms with van der Waals surface area (Å²) < 4.78 is 10.7. The van der Waals surface area contributed by atoms with E-state index < -0.39 is 29.5 Å². The summed E-state index contributed by atoms with van der Waals surface area (Å²) in [5.41, 5.74) is -0.160. The van der Waals surface area contributed by atoms with Crippen LogP contribution in [0.5, 0.6) is 0 Å². The number of hydrogen-bond acceptors (Lipinski definition) is 6. The molecule has 3 rings (SSSR count). The van der Waals surface area contributed by atoms with Crippen molar-refractivity contribution in [3.63, 3.8) is 0 Å². The third-order valence-electron chi connectivity index (χ3n) is 4.75. The van der Waals surface area contributed by atoms with Gasteiger partial charge < -0.3 is 9.47 Å². The Balaban J connectivity index is 1.80. The van der Waals surface area contributed by atoms with Crippen molar-refractivity contribution in [1.82, 2.24) is 5.06 Å². The maximum Gasteiger partial charge on any atom is 0.330 e. The summed E-state index contributed by atoms with van der Waals surface area (Å²) in [5, 5.41) is 1.63. The molecule has 1 aromatic rings. The minimum atomic E-state index is -1.07. The van der Waals surface area contributed by atoms with Crippen LogP contribution in [0.15, 0.2) is 30.3 Å². The highest BCUT2D eigenvalue weighted by atomic mass is 16.7. The van der Waals surface area contributed by atoms with E-state index in [1.807, 2.05) is 30.3 Å². The molecule has 0 N–H and O–H groups in total. The number of benzene rings is 1. The van der Waals surface area contributed by atoms with Crippen LogP contribution in [-0.4, -0.2) is 41.8 Å². The van der Waals surface area contributed by atoms with E-state index in [0.29, 0.717) is 13.0 Å². The summed E-state index contributed by atoms with van der Waals surface area (Å²) in [6.45, 7) is 4.62. The fraction of sp³-hybridized carbons (Fsp3) is 0.556. The SMILES string of the molecule is CCOC(=O)[C@@H]1[C@@H](C)ON2CCC[C@]12C(=O)OCc1ccccc1. The number of nitrogens with zero attached hydrogens (tertiary/aromatic N) is 1. The fourth-order valence-corrected chi connectivity index (χ4v) is 3.72. The number of ether oxygens (including phenoxy) is 2. The van der Waals surface area contributed by atoms with Crippen LogP contribution in [0.3, 0.4) is 0 Å². The van der Waals surface area contributed by atoms with Crippen LogP contribution >= 0.6 is 0 Å². The third-order valence-corrected chi connectivity index (χ3v) is 4.75. The molecular formula is C18H23NO5. The first-order valence-electron chi connectivity index (χ1n) is 8.41. The van der Waals surface area contributed by atoms with E-state index in [1.54, 1.807) is 18.9 Å². The zero-order chi connectivity index (χ0) is 17.2. The maximum atomic E-state index is 12.9.